The molecule has 1 saturated heterocycles. The molecule has 100 valence electrons. The van der Waals surface area contributed by atoms with Crippen LogP contribution in [0.5, 0.6) is 0 Å². The summed E-state index contributed by atoms with van der Waals surface area (Å²) in [6, 6.07) is 0. The molecule has 0 unspecified atom stereocenters. The highest BCUT2D eigenvalue weighted by molar-refractivity contribution is 6.74. The topological polar surface area (TPSA) is 58.6 Å². The molecule has 1 amide bonds. The lowest BCUT2D eigenvalue weighted by molar-refractivity contribution is -0.120. The van der Waals surface area contributed by atoms with Crippen molar-refractivity contribution in [3.05, 3.63) is 0 Å². The molecule has 2 N–H and O–H groups in total. The van der Waals surface area contributed by atoms with E-state index in [2.05, 4.69) is 39.2 Å². The van der Waals surface area contributed by atoms with Crippen molar-refractivity contribution >= 4 is 14.2 Å². The van der Waals surface area contributed by atoms with Crippen LogP contribution in [0, 0.1) is 0 Å². The summed E-state index contributed by atoms with van der Waals surface area (Å²) in [4.78, 5) is 11.3. The van der Waals surface area contributed by atoms with E-state index in [1.54, 1.807) is 0 Å². The normalized spacial score (nSPS) is 27.5. The number of nitrogens with one attached hydrogen (secondary N) is 1. The maximum Gasteiger partial charge on any atom is 0.220 e. The summed E-state index contributed by atoms with van der Waals surface area (Å²) >= 11 is 0. The molecule has 5 heteroatoms. The van der Waals surface area contributed by atoms with E-state index < -0.39 is 14.4 Å². The SMILES string of the molecule is CC(C)(C)[Si](C)(C)O[C@@H]1CNC(=O)CC[C@@H]1O. The molecule has 0 spiro atoms. The van der Waals surface area contributed by atoms with Crippen molar-refractivity contribution in [1.82, 2.24) is 5.32 Å². The maximum atomic E-state index is 11.3. The Kier molecular flexibility index (Phi) is 4.38. The fraction of sp³-hybridized carbons (Fsp3) is 0.917. The number of amides is 1. The number of hydrogen-bond acceptors (Lipinski definition) is 3. The number of aliphatic hydroxyl groups excluding tert-OH is 1. The number of hydrogen-bond donors (Lipinski definition) is 2. The van der Waals surface area contributed by atoms with Crippen molar-refractivity contribution in [1.29, 1.82) is 0 Å². The Bertz CT molecular complexity index is 286. The van der Waals surface area contributed by atoms with Gasteiger partial charge in [-0.15, -0.1) is 0 Å². The van der Waals surface area contributed by atoms with Crippen LogP contribution in [0.3, 0.4) is 0 Å². The second-order valence-corrected chi connectivity index (χ2v) is 11.1. The summed E-state index contributed by atoms with van der Waals surface area (Å²) < 4.78 is 6.16. The van der Waals surface area contributed by atoms with E-state index in [0.29, 0.717) is 19.4 Å². The molecule has 1 aliphatic heterocycles. The largest absolute Gasteiger partial charge is 0.409 e. The first kappa shape index (κ1) is 14.7. The lowest BCUT2D eigenvalue weighted by Crippen LogP contribution is -2.49. The molecular formula is C12H25NO3Si. The average Bonchev–Trinajstić information content (AvgIpc) is 2.31. The lowest BCUT2D eigenvalue weighted by atomic mass is 10.1. The highest BCUT2D eigenvalue weighted by Gasteiger charge is 2.41. The van der Waals surface area contributed by atoms with E-state index in [0.717, 1.165) is 0 Å². The first-order valence-corrected chi connectivity index (χ1v) is 9.17. The Labute approximate surface area is 105 Å². The zero-order chi connectivity index (χ0) is 13.3. The molecule has 1 aliphatic rings. The van der Waals surface area contributed by atoms with Gasteiger partial charge in [0.15, 0.2) is 8.32 Å². The predicted molar refractivity (Wildman–Crippen MR) is 70.3 cm³/mol. The van der Waals surface area contributed by atoms with Gasteiger partial charge in [-0.05, 0) is 24.6 Å². The minimum Gasteiger partial charge on any atom is -0.409 e. The smallest absolute Gasteiger partial charge is 0.220 e. The van der Waals surface area contributed by atoms with Gasteiger partial charge in [-0.1, -0.05) is 20.8 Å². The van der Waals surface area contributed by atoms with Gasteiger partial charge in [-0.3, -0.25) is 4.79 Å². The van der Waals surface area contributed by atoms with E-state index in [9.17, 15) is 9.90 Å². The minimum absolute atomic E-state index is 0.00498. The zero-order valence-electron chi connectivity index (χ0n) is 11.5. The van der Waals surface area contributed by atoms with Crippen LogP contribution >= 0.6 is 0 Å². The predicted octanol–water partition coefficient (Wildman–Crippen LogP) is 1.65. The molecule has 2 atom stereocenters. The maximum absolute atomic E-state index is 11.3. The van der Waals surface area contributed by atoms with Crippen LogP contribution < -0.4 is 5.32 Å². The molecule has 0 aromatic carbocycles. The summed E-state index contributed by atoms with van der Waals surface area (Å²) in [5, 5.41) is 12.9. The molecule has 0 saturated carbocycles. The molecular weight excluding hydrogens is 234 g/mol. The standard InChI is InChI=1S/C12H25NO3Si/c1-12(2,3)17(4,5)16-10-8-13-11(15)7-6-9(10)14/h9-10,14H,6-8H2,1-5H3,(H,13,15)/t9-,10+/m0/s1. The van der Waals surface area contributed by atoms with Gasteiger partial charge in [0.05, 0.1) is 12.2 Å². The Hall–Kier alpha value is -0.393. The van der Waals surface area contributed by atoms with E-state index >= 15 is 0 Å². The number of rotatable bonds is 2. The van der Waals surface area contributed by atoms with Crippen molar-refractivity contribution in [3.8, 4) is 0 Å². The summed E-state index contributed by atoms with van der Waals surface area (Å²) in [7, 11) is -1.89. The van der Waals surface area contributed by atoms with Gasteiger partial charge in [-0.2, -0.15) is 0 Å². The average molecular weight is 259 g/mol. The number of aliphatic hydroxyl groups is 1. The van der Waals surface area contributed by atoms with Crippen LogP contribution in [0.2, 0.25) is 18.1 Å². The highest BCUT2D eigenvalue weighted by atomic mass is 28.4. The Balaban J connectivity index is 2.69. The number of carbonyl (C=O) groups excluding carboxylic acids is 1. The third-order valence-corrected chi connectivity index (χ3v) is 8.35. The van der Waals surface area contributed by atoms with Crippen molar-refractivity contribution in [2.45, 2.75) is 64.0 Å². The molecule has 0 bridgehead atoms. The summed E-state index contributed by atoms with van der Waals surface area (Å²) in [5.74, 6) is 0.00498. The van der Waals surface area contributed by atoms with Gasteiger partial charge < -0.3 is 14.8 Å². The minimum atomic E-state index is -1.89. The van der Waals surface area contributed by atoms with Gasteiger partial charge in [0, 0.05) is 13.0 Å². The molecule has 17 heavy (non-hydrogen) atoms. The van der Waals surface area contributed by atoms with Crippen LogP contribution in [0.15, 0.2) is 0 Å². The Morgan fingerprint density at radius 1 is 1.41 bits per heavy atom. The van der Waals surface area contributed by atoms with Crippen molar-refractivity contribution < 1.29 is 14.3 Å². The third kappa shape index (κ3) is 3.79. The van der Waals surface area contributed by atoms with Crippen LogP contribution in [0.1, 0.15) is 33.6 Å². The van der Waals surface area contributed by atoms with Gasteiger partial charge in [0.25, 0.3) is 0 Å². The van der Waals surface area contributed by atoms with Crippen molar-refractivity contribution in [2.75, 3.05) is 6.54 Å². The van der Waals surface area contributed by atoms with Gasteiger partial charge in [0.2, 0.25) is 5.91 Å². The van der Waals surface area contributed by atoms with Crippen molar-refractivity contribution in [3.63, 3.8) is 0 Å². The molecule has 1 fully saturated rings. The van der Waals surface area contributed by atoms with Gasteiger partial charge >= 0.3 is 0 Å². The molecule has 4 nitrogen and oxygen atoms in total. The highest BCUT2D eigenvalue weighted by Crippen LogP contribution is 2.37. The molecule has 0 aromatic rings. The van der Waals surface area contributed by atoms with Gasteiger partial charge in [-0.25, -0.2) is 0 Å². The Morgan fingerprint density at radius 2 is 2.00 bits per heavy atom. The summed E-state index contributed by atoms with van der Waals surface area (Å²) in [6.45, 7) is 11.2. The number of carbonyl (C=O) groups is 1. The van der Waals surface area contributed by atoms with E-state index in [1.807, 2.05) is 0 Å². The third-order valence-electron chi connectivity index (χ3n) is 3.85. The van der Waals surface area contributed by atoms with E-state index in [4.69, 9.17) is 4.43 Å². The first-order valence-electron chi connectivity index (χ1n) is 6.26. The molecule has 1 heterocycles. The quantitative estimate of drug-likeness (QED) is 0.741. The summed E-state index contributed by atoms with van der Waals surface area (Å²) in [5.41, 5.74) is 0. The Morgan fingerprint density at radius 3 is 2.53 bits per heavy atom. The zero-order valence-corrected chi connectivity index (χ0v) is 12.5. The lowest BCUT2D eigenvalue weighted by Gasteiger charge is -2.40. The molecule has 0 radical (unpaired) electrons. The second kappa shape index (κ2) is 5.08. The van der Waals surface area contributed by atoms with Gasteiger partial charge in [0.1, 0.15) is 0 Å². The van der Waals surface area contributed by atoms with Crippen LogP contribution in [0.4, 0.5) is 0 Å². The van der Waals surface area contributed by atoms with Crippen LogP contribution in [-0.2, 0) is 9.22 Å². The van der Waals surface area contributed by atoms with Crippen molar-refractivity contribution in [2.24, 2.45) is 0 Å². The second-order valence-electron chi connectivity index (χ2n) is 6.33. The molecule has 1 rings (SSSR count). The fourth-order valence-electron chi connectivity index (χ4n) is 1.58. The molecule has 0 aliphatic carbocycles. The van der Waals surface area contributed by atoms with Crippen LogP contribution in [0.25, 0.3) is 0 Å². The monoisotopic (exact) mass is 259 g/mol. The molecule has 0 aromatic heterocycles. The van der Waals surface area contributed by atoms with E-state index in [1.165, 1.54) is 0 Å². The first-order chi connectivity index (χ1) is 7.63. The van der Waals surface area contributed by atoms with Crippen LogP contribution in [-0.4, -0.2) is 38.1 Å². The van der Waals surface area contributed by atoms with E-state index in [-0.39, 0.29) is 17.0 Å². The fourth-order valence-corrected chi connectivity index (χ4v) is 2.93. The summed E-state index contributed by atoms with van der Waals surface area (Å²) in [6.07, 6.45) is 0.0781.